The second-order valence-corrected chi connectivity index (χ2v) is 18.4. The smallest absolute Gasteiger partial charge is 0.343 e. The van der Waals surface area contributed by atoms with Crippen LogP contribution >= 0.6 is 21.6 Å². The summed E-state index contributed by atoms with van der Waals surface area (Å²) in [5, 5.41) is 12.5. The van der Waals surface area contributed by atoms with Gasteiger partial charge in [-0.25, -0.2) is 4.79 Å². The highest BCUT2D eigenvalue weighted by Gasteiger charge is 2.58. The van der Waals surface area contributed by atoms with Gasteiger partial charge in [0, 0.05) is 46.9 Å². The Labute approximate surface area is 277 Å². The van der Waals surface area contributed by atoms with Gasteiger partial charge in [0.25, 0.3) is 0 Å². The predicted molar refractivity (Wildman–Crippen MR) is 180 cm³/mol. The van der Waals surface area contributed by atoms with Gasteiger partial charge in [0.1, 0.15) is 5.76 Å². The molecule has 0 aromatic heterocycles. The largest absolute Gasteiger partial charge is 0.492 e. The van der Waals surface area contributed by atoms with E-state index in [1.807, 2.05) is 0 Å². The van der Waals surface area contributed by atoms with Gasteiger partial charge in [0.2, 0.25) is 5.76 Å². The molecule has 8 aliphatic rings. The van der Waals surface area contributed by atoms with E-state index in [0.717, 1.165) is 48.9 Å². The molecule has 6 fully saturated rings. The van der Waals surface area contributed by atoms with E-state index in [1.54, 1.807) is 14.0 Å². The summed E-state index contributed by atoms with van der Waals surface area (Å²) < 4.78 is 18.5. The molecule has 0 radical (unpaired) electrons. The summed E-state index contributed by atoms with van der Waals surface area (Å²) in [6, 6.07) is 0.876. The Bertz CT molecular complexity index is 1280. The number of esters is 1. The first-order chi connectivity index (χ1) is 21.9. The number of hydrogen-bond acceptors (Lipinski definition) is 8. The Morgan fingerprint density at radius 2 is 1.67 bits per heavy atom. The number of carbonyl (C=O) groups is 1. The maximum Gasteiger partial charge on any atom is 0.343 e. The lowest BCUT2D eigenvalue weighted by Crippen LogP contribution is -2.62. The van der Waals surface area contributed by atoms with E-state index in [4.69, 9.17) is 14.2 Å². The molecule has 3 saturated heterocycles. The topological polar surface area (TPSA) is 68.2 Å². The lowest BCUT2D eigenvalue weighted by Gasteiger charge is -2.54. The normalized spacial score (nSPS) is 42.8. The third-order valence-electron chi connectivity index (χ3n) is 13.9. The van der Waals surface area contributed by atoms with Gasteiger partial charge in [-0.05, 0) is 88.0 Å². The molecule has 5 aliphatic heterocycles. The van der Waals surface area contributed by atoms with Crippen LogP contribution in [0.25, 0.3) is 0 Å². The molecule has 248 valence electrons. The van der Waals surface area contributed by atoms with Crippen molar-refractivity contribution in [3.05, 3.63) is 34.7 Å². The molecule has 8 heteroatoms. The Morgan fingerprint density at radius 1 is 0.933 bits per heavy atom. The summed E-state index contributed by atoms with van der Waals surface area (Å²) in [5.41, 5.74) is 1.02. The number of hydrogen-bond donors (Lipinski definition) is 1. The fourth-order valence-corrected chi connectivity index (χ4v) is 14.7. The van der Waals surface area contributed by atoms with Crippen LogP contribution in [0.5, 0.6) is 0 Å². The van der Waals surface area contributed by atoms with Crippen LogP contribution in [0.1, 0.15) is 110 Å². The average molecular weight is 656 g/mol. The summed E-state index contributed by atoms with van der Waals surface area (Å²) in [6.45, 7) is 4.04. The number of methoxy groups -OCH3 is 1. The van der Waals surface area contributed by atoms with Crippen LogP contribution in [0, 0.1) is 34.5 Å². The van der Waals surface area contributed by atoms with Crippen molar-refractivity contribution in [2.75, 3.05) is 18.6 Å². The number of allylic oxidation sites excluding steroid dienone is 1. The number of piperidine rings is 1. The average Bonchev–Trinajstić information content (AvgIpc) is 3.78. The first-order valence-corrected chi connectivity index (χ1v) is 20.7. The zero-order chi connectivity index (χ0) is 30.9. The summed E-state index contributed by atoms with van der Waals surface area (Å²) in [4.78, 5) is 15.6. The number of aliphatic hydroxyl groups excluding tert-OH is 1. The summed E-state index contributed by atoms with van der Waals surface area (Å²) in [6.07, 6.45) is 21.0. The second kappa shape index (κ2) is 12.1. The second-order valence-electron chi connectivity index (χ2n) is 15.9. The SMILES string of the molecule is COC1=C(C)C(=O)OC1=C1OC2=CC3(CCCCC3)[C@H]3CSSC[C@@H]4CCC5(CCCC5)[C@H]4C[C@H](O)[C@@H]4CCC[C@@H]([C@H]2[C@@H]1C)N43. The molecule has 5 heterocycles. The van der Waals surface area contributed by atoms with Crippen LogP contribution < -0.4 is 0 Å². The molecule has 3 saturated carbocycles. The lowest BCUT2D eigenvalue weighted by atomic mass is 9.67. The molecule has 8 atom stereocenters. The van der Waals surface area contributed by atoms with Crippen LogP contribution in [-0.2, 0) is 19.0 Å². The van der Waals surface area contributed by atoms with Crippen molar-refractivity contribution in [2.45, 2.75) is 134 Å². The fraction of sp³-hybridized carbons (Fsp3) is 0.811. The third kappa shape index (κ3) is 4.99. The van der Waals surface area contributed by atoms with Crippen molar-refractivity contribution in [3.8, 4) is 0 Å². The fourth-order valence-electron chi connectivity index (χ4n) is 11.8. The predicted octanol–water partition coefficient (Wildman–Crippen LogP) is 8.13. The zero-order valence-electron chi connectivity index (χ0n) is 27.6. The van der Waals surface area contributed by atoms with Crippen LogP contribution in [0.3, 0.4) is 0 Å². The maximum atomic E-state index is 12.7. The summed E-state index contributed by atoms with van der Waals surface area (Å²) in [7, 11) is 5.89. The molecule has 8 rings (SSSR count). The van der Waals surface area contributed by atoms with Gasteiger partial charge < -0.3 is 19.3 Å². The molecule has 2 spiro atoms. The van der Waals surface area contributed by atoms with Crippen molar-refractivity contribution in [3.63, 3.8) is 0 Å². The summed E-state index contributed by atoms with van der Waals surface area (Å²) >= 11 is 0. The van der Waals surface area contributed by atoms with Gasteiger partial charge in [0.05, 0.1) is 18.8 Å². The van der Waals surface area contributed by atoms with Crippen LogP contribution in [0.15, 0.2) is 34.7 Å². The van der Waals surface area contributed by atoms with E-state index in [9.17, 15) is 9.90 Å². The van der Waals surface area contributed by atoms with E-state index >= 15 is 0 Å². The van der Waals surface area contributed by atoms with E-state index in [2.05, 4.69) is 39.5 Å². The molecule has 0 unspecified atom stereocenters. The molecule has 45 heavy (non-hydrogen) atoms. The molecule has 1 N–H and O–H groups in total. The molecule has 3 aliphatic carbocycles. The molecular weight excluding hydrogens is 603 g/mol. The maximum absolute atomic E-state index is 12.7. The van der Waals surface area contributed by atoms with Crippen LogP contribution in [0.2, 0.25) is 0 Å². The molecule has 0 aromatic carbocycles. The minimum Gasteiger partial charge on any atom is -0.492 e. The molecule has 0 amide bonds. The zero-order valence-corrected chi connectivity index (χ0v) is 29.2. The summed E-state index contributed by atoms with van der Waals surface area (Å²) in [5.74, 6) is 6.46. The highest BCUT2D eigenvalue weighted by Crippen LogP contribution is 2.61. The third-order valence-corrected chi connectivity index (χ3v) is 16.4. The number of fused-ring (bicyclic) bond motifs is 5. The number of ether oxygens (including phenoxy) is 3. The number of aliphatic hydroxyl groups is 1. The van der Waals surface area contributed by atoms with Gasteiger partial charge in [-0.3, -0.25) is 4.90 Å². The van der Waals surface area contributed by atoms with E-state index < -0.39 is 0 Å². The van der Waals surface area contributed by atoms with Crippen molar-refractivity contribution in [2.24, 2.45) is 34.5 Å². The minimum absolute atomic E-state index is 0.0298. The quantitative estimate of drug-likeness (QED) is 0.224. The Hall–Kier alpha value is -1.09. The van der Waals surface area contributed by atoms with Crippen molar-refractivity contribution >= 4 is 27.6 Å². The van der Waals surface area contributed by atoms with Gasteiger partial charge in [0.15, 0.2) is 11.5 Å². The van der Waals surface area contributed by atoms with Gasteiger partial charge in [-0.2, -0.15) is 0 Å². The number of cyclic esters (lactones) is 1. The molecule has 6 nitrogen and oxygen atoms in total. The van der Waals surface area contributed by atoms with E-state index in [0.29, 0.717) is 40.5 Å². The molecule has 0 aromatic rings. The van der Waals surface area contributed by atoms with Crippen molar-refractivity contribution in [1.82, 2.24) is 4.90 Å². The van der Waals surface area contributed by atoms with E-state index in [-0.39, 0.29) is 35.4 Å². The van der Waals surface area contributed by atoms with Gasteiger partial charge in [-0.1, -0.05) is 67.0 Å². The lowest BCUT2D eigenvalue weighted by molar-refractivity contribution is -0.133. The Morgan fingerprint density at radius 3 is 2.44 bits per heavy atom. The van der Waals surface area contributed by atoms with Gasteiger partial charge in [-0.15, -0.1) is 0 Å². The standard InChI is InChI=1S/C37H53NO5S2/c1-22-31-27-11-9-10-26-28(39)18-25-24(12-17-36(25)13-7-8-14-36)20-44-45-21-30(38(26)27)37(15-5-4-6-16-37)19-29(31)42-33(22)34-32(41-3)23(2)35(40)43-34/h19,22,24-28,30-31,39H,4-18,20-21H2,1-3H3/t22-,24-,25-,26-,27-,28-,30+,31+/m0/s1. The highest BCUT2D eigenvalue weighted by molar-refractivity contribution is 8.76. The van der Waals surface area contributed by atoms with Crippen LogP contribution in [0.4, 0.5) is 0 Å². The van der Waals surface area contributed by atoms with Crippen LogP contribution in [-0.4, -0.2) is 58.8 Å². The molecular formula is C37H53NO5S2. The van der Waals surface area contributed by atoms with Crippen molar-refractivity contribution < 1.29 is 24.1 Å². The van der Waals surface area contributed by atoms with E-state index in [1.165, 1.54) is 76.4 Å². The number of nitrogens with zero attached hydrogens (tertiary/aromatic N) is 1. The number of carbonyl (C=O) groups excluding carboxylic acids is 1. The monoisotopic (exact) mass is 655 g/mol. The van der Waals surface area contributed by atoms with Gasteiger partial charge >= 0.3 is 5.97 Å². The first kappa shape index (κ1) is 31.2. The Balaban J connectivity index is 1.22. The van der Waals surface area contributed by atoms with Crippen molar-refractivity contribution in [1.29, 1.82) is 0 Å². The highest BCUT2D eigenvalue weighted by atomic mass is 33.1. The first-order valence-electron chi connectivity index (χ1n) is 18.2. The minimum atomic E-state index is -0.345. The Kier molecular flexibility index (Phi) is 8.39. The molecule has 0 bridgehead atoms. The number of rotatable bonds is 1.